The van der Waals surface area contributed by atoms with Crippen LogP contribution in [0.4, 0.5) is 5.95 Å². The number of carbonyl (C=O) groups excluding carboxylic acids is 1. The number of rotatable bonds is 8. The first-order valence-electron chi connectivity index (χ1n) is 10.0. The molecule has 1 saturated heterocycles. The molecule has 3 heterocycles. The first-order chi connectivity index (χ1) is 15.7. The van der Waals surface area contributed by atoms with Crippen LogP contribution in [0.25, 0.3) is 0 Å². The Balaban J connectivity index is 1.61. The van der Waals surface area contributed by atoms with Gasteiger partial charge >= 0.3 is 0 Å². The molecule has 0 bridgehead atoms. The van der Waals surface area contributed by atoms with Crippen LogP contribution in [-0.2, 0) is 16.8 Å². The van der Waals surface area contributed by atoms with Gasteiger partial charge in [0, 0.05) is 38.0 Å². The minimum atomic E-state index is -3.50. The Kier molecular flexibility index (Phi) is 6.73. The lowest BCUT2D eigenvalue weighted by Gasteiger charge is -2.37. The van der Waals surface area contributed by atoms with E-state index >= 15 is 0 Å². The zero-order valence-electron chi connectivity index (χ0n) is 18.2. The van der Waals surface area contributed by atoms with Gasteiger partial charge < -0.3 is 10.1 Å². The van der Waals surface area contributed by atoms with Crippen LogP contribution in [-0.4, -0.2) is 72.0 Å². The molecule has 1 aromatic carbocycles. The predicted octanol–water partition coefficient (Wildman–Crippen LogP) is 2.51. The minimum absolute atomic E-state index is 0.219. The Morgan fingerprint density at radius 2 is 2.00 bits per heavy atom. The highest BCUT2D eigenvalue weighted by Crippen LogP contribution is 2.30. The van der Waals surface area contributed by atoms with E-state index in [9.17, 15) is 13.2 Å². The predicted molar refractivity (Wildman–Crippen MR) is 126 cm³/mol. The summed E-state index contributed by atoms with van der Waals surface area (Å²) in [6, 6.07) is 10.6. The van der Waals surface area contributed by atoms with Gasteiger partial charge in [-0.25, -0.2) is 0 Å². The maximum Gasteiger partial charge on any atom is 0.285 e. The van der Waals surface area contributed by atoms with Crippen LogP contribution in [0.5, 0.6) is 5.75 Å². The molecular formula is C20H23ClN6O4S2. The fourth-order valence-electron chi connectivity index (χ4n) is 3.33. The zero-order chi connectivity index (χ0) is 23.8. The summed E-state index contributed by atoms with van der Waals surface area (Å²) in [6.45, 7) is 0.890. The Hall–Kier alpha value is -2.51. The number of ether oxygens (including phenoxy) is 1. The van der Waals surface area contributed by atoms with E-state index < -0.39 is 16.1 Å². The molecule has 0 amide bonds. The van der Waals surface area contributed by atoms with Crippen molar-refractivity contribution < 1.29 is 17.9 Å². The molecular weight excluding hydrogens is 488 g/mol. The van der Waals surface area contributed by atoms with Crippen LogP contribution in [0.1, 0.15) is 27.0 Å². The molecule has 33 heavy (non-hydrogen) atoms. The van der Waals surface area contributed by atoms with E-state index in [2.05, 4.69) is 15.4 Å². The highest BCUT2D eigenvalue weighted by Gasteiger charge is 2.40. The quantitative estimate of drug-likeness (QED) is 0.495. The summed E-state index contributed by atoms with van der Waals surface area (Å²) in [4.78, 5) is 18.8. The van der Waals surface area contributed by atoms with Crippen LogP contribution in [0, 0.1) is 0 Å². The van der Waals surface area contributed by atoms with Gasteiger partial charge in [0.15, 0.2) is 5.82 Å². The van der Waals surface area contributed by atoms with Crippen molar-refractivity contribution in [2.45, 2.75) is 12.5 Å². The van der Waals surface area contributed by atoms with Crippen molar-refractivity contribution >= 4 is 45.0 Å². The molecule has 176 valence electrons. The summed E-state index contributed by atoms with van der Waals surface area (Å²) in [7, 11) is 0.963. The van der Waals surface area contributed by atoms with Crippen molar-refractivity contribution in [3.05, 3.63) is 57.0 Å². The van der Waals surface area contributed by atoms with Crippen LogP contribution in [0.2, 0.25) is 4.34 Å². The second-order valence-electron chi connectivity index (χ2n) is 7.57. The maximum atomic E-state index is 13.3. The van der Waals surface area contributed by atoms with Gasteiger partial charge in [-0.1, -0.05) is 23.7 Å². The molecule has 0 unspecified atom stereocenters. The first-order valence-corrected chi connectivity index (χ1v) is 12.6. The summed E-state index contributed by atoms with van der Waals surface area (Å²) in [5.41, 5.74) is 0.337. The molecule has 3 aromatic rings. The summed E-state index contributed by atoms with van der Waals surface area (Å²) in [5, 5.41) is 7.60. The number of halogens is 1. The van der Waals surface area contributed by atoms with Crippen LogP contribution < -0.4 is 10.1 Å². The number of carbonyl (C=O) groups is 1. The number of hydrogen-bond acceptors (Lipinski definition) is 8. The Morgan fingerprint density at radius 1 is 1.27 bits per heavy atom. The van der Waals surface area contributed by atoms with Crippen LogP contribution in [0.15, 0.2) is 36.4 Å². The Labute approximate surface area is 200 Å². The molecule has 13 heteroatoms. The smallest absolute Gasteiger partial charge is 0.285 e. The lowest BCUT2D eigenvalue weighted by Crippen LogP contribution is -2.52. The van der Waals surface area contributed by atoms with E-state index in [-0.39, 0.29) is 25.0 Å². The van der Waals surface area contributed by atoms with E-state index in [4.69, 9.17) is 16.3 Å². The molecule has 1 aliphatic rings. The Bertz CT molecular complexity index is 1270. The number of thiophene rings is 1. The molecule has 1 N–H and O–H groups in total. The average molecular weight is 511 g/mol. The fourth-order valence-corrected chi connectivity index (χ4v) is 5.55. The monoisotopic (exact) mass is 510 g/mol. The van der Waals surface area contributed by atoms with Gasteiger partial charge in [0.2, 0.25) is 5.95 Å². The lowest BCUT2D eigenvalue weighted by atomic mass is 10.0. The zero-order valence-corrected chi connectivity index (χ0v) is 20.6. The number of para-hydroxylation sites is 1. The highest BCUT2D eigenvalue weighted by atomic mass is 35.5. The summed E-state index contributed by atoms with van der Waals surface area (Å²) >= 11 is 7.44. The maximum absolute atomic E-state index is 13.3. The molecule has 0 atom stereocenters. The third-order valence-corrected chi connectivity index (χ3v) is 8.31. The summed E-state index contributed by atoms with van der Waals surface area (Å²) < 4.78 is 34.3. The van der Waals surface area contributed by atoms with Gasteiger partial charge in [-0.15, -0.1) is 16.4 Å². The minimum Gasteiger partial charge on any atom is -0.496 e. The van der Waals surface area contributed by atoms with Crippen molar-refractivity contribution in [1.29, 1.82) is 0 Å². The number of aromatic nitrogens is 3. The van der Waals surface area contributed by atoms with Crippen molar-refractivity contribution in [3.63, 3.8) is 0 Å². The second-order valence-corrected chi connectivity index (χ2v) is 11.5. The molecule has 1 aliphatic heterocycles. The number of nitrogens with zero attached hydrogens (tertiary/aromatic N) is 5. The number of nitrogens with one attached hydrogen (secondary N) is 1. The lowest BCUT2D eigenvalue weighted by molar-refractivity contribution is 0.0943. The van der Waals surface area contributed by atoms with Gasteiger partial charge in [0.05, 0.1) is 23.6 Å². The summed E-state index contributed by atoms with van der Waals surface area (Å²) in [5.74, 6) is 0.454. The second kappa shape index (κ2) is 9.39. The van der Waals surface area contributed by atoms with E-state index in [1.165, 1.54) is 45.8 Å². The summed E-state index contributed by atoms with van der Waals surface area (Å²) in [6.07, 6.45) is 0. The average Bonchev–Trinajstić information content (AvgIpc) is 3.36. The van der Waals surface area contributed by atoms with Gasteiger partial charge in [-0.2, -0.15) is 26.7 Å². The van der Waals surface area contributed by atoms with Gasteiger partial charge in [0.1, 0.15) is 5.75 Å². The molecule has 10 nitrogen and oxygen atoms in total. The molecule has 0 aliphatic carbocycles. The number of anilines is 1. The molecule has 4 rings (SSSR count). The van der Waals surface area contributed by atoms with Crippen LogP contribution in [0.3, 0.4) is 0 Å². The third-order valence-electron chi connectivity index (χ3n) is 5.20. The molecule has 2 aromatic heterocycles. The van der Waals surface area contributed by atoms with Gasteiger partial charge in [0.25, 0.3) is 16.1 Å². The fraction of sp³-hybridized carbons (Fsp3) is 0.350. The number of hydrogen-bond donors (Lipinski definition) is 1. The number of benzene rings is 1. The molecule has 0 spiro atoms. The highest BCUT2D eigenvalue weighted by molar-refractivity contribution is 7.86. The van der Waals surface area contributed by atoms with Crippen molar-refractivity contribution in [2.75, 3.05) is 39.6 Å². The molecule has 0 radical (unpaired) electrons. The van der Waals surface area contributed by atoms with Gasteiger partial charge in [-0.3, -0.25) is 4.79 Å². The standard InChI is InChI=1S/C20H23ClN6O4S2/c1-25(2)33(29,30)26-11-13(12-26)18-23-20(22-10-14-8-9-17(21)32-14)27(24-18)19(28)15-6-4-5-7-16(15)31-3/h4-9,13H,10-12H2,1-3H3,(H,22,23,24). The van der Waals surface area contributed by atoms with Crippen molar-refractivity contribution in [2.24, 2.45) is 0 Å². The number of methoxy groups -OCH3 is 1. The van der Waals surface area contributed by atoms with E-state index in [0.29, 0.717) is 28.0 Å². The van der Waals surface area contributed by atoms with E-state index in [1.807, 2.05) is 6.07 Å². The van der Waals surface area contributed by atoms with E-state index in [0.717, 1.165) is 4.88 Å². The van der Waals surface area contributed by atoms with Crippen LogP contribution >= 0.6 is 22.9 Å². The Morgan fingerprint density at radius 3 is 2.64 bits per heavy atom. The van der Waals surface area contributed by atoms with Crippen molar-refractivity contribution in [1.82, 2.24) is 23.4 Å². The van der Waals surface area contributed by atoms with Gasteiger partial charge in [-0.05, 0) is 24.3 Å². The molecule has 1 fully saturated rings. The van der Waals surface area contributed by atoms with Crippen molar-refractivity contribution in [3.8, 4) is 5.75 Å². The third kappa shape index (κ3) is 4.75. The normalized spacial score (nSPS) is 14.9. The largest absolute Gasteiger partial charge is 0.496 e. The topological polar surface area (TPSA) is 110 Å². The SMILES string of the molecule is COc1ccccc1C(=O)n1nc(C2CN(S(=O)(=O)N(C)C)C2)nc1NCc1ccc(Cl)s1. The van der Waals surface area contributed by atoms with E-state index in [1.54, 1.807) is 30.3 Å². The molecule has 0 saturated carbocycles. The first kappa shape index (κ1) is 23.6.